The first-order valence-corrected chi connectivity index (χ1v) is 7.27. The van der Waals surface area contributed by atoms with Crippen molar-refractivity contribution in [3.8, 4) is 5.75 Å². The molecule has 1 aromatic carbocycles. The number of halogens is 1. The number of ether oxygens (including phenoxy) is 1. The molecule has 6 heteroatoms. The van der Waals surface area contributed by atoms with Gasteiger partial charge < -0.3 is 20.5 Å². The molecule has 0 aromatic heterocycles. The minimum Gasteiger partial charge on any atom is -0.484 e. The molecule has 1 fully saturated rings. The molecule has 2 atom stereocenters. The first-order valence-electron chi connectivity index (χ1n) is 6.19. The molecule has 1 aliphatic heterocycles. The monoisotopic (exact) mass is 376 g/mol. The lowest BCUT2D eigenvalue weighted by Crippen LogP contribution is -2.36. The van der Waals surface area contributed by atoms with Crippen LogP contribution in [-0.4, -0.2) is 43.4 Å². The second-order valence-corrected chi connectivity index (χ2v) is 5.78. The number of amides is 1. The van der Waals surface area contributed by atoms with Crippen molar-refractivity contribution in [3.63, 3.8) is 0 Å². The average molecular weight is 376 g/mol. The third-order valence-electron chi connectivity index (χ3n) is 3.05. The van der Waals surface area contributed by atoms with Gasteiger partial charge in [-0.2, -0.15) is 0 Å². The molecule has 3 N–H and O–H groups in total. The lowest BCUT2D eigenvalue weighted by molar-refractivity contribution is -0.123. The number of nitrogens with one attached hydrogen (secondary N) is 2. The topological polar surface area (TPSA) is 70.6 Å². The van der Waals surface area contributed by atoms with Gasteiger partial charge in [0.2, 0.25) is 0 Å². The molecule has 2 unspecified atom stereocenters. The molecule has 5 nitrogen and oxygen atoms in total. The van der Waals surface area contributed by atoms with Crippen LogP contribution in [0.4, 0.5) is 0 Å². The minimum atomic E-state index is -0.377. The fourth-order valence-electron chi connectivity index (χ4n) is 1.90. The number of rotatable bonds is 5. The van der Waals surface area contributed by atoms with E-state index in [2.05, 4.69) is 33.2 Å². The quantitative estimate of drug-likeness (QED) is 0.650. The number of carbonyl (C=O) groups is 1. The first-order chi connectivity index (χ1) is 9.15. The Hall–Kier alpha value is -0.860. The Balaban J connectivity index is 1.68. The van der Waals surface area contributed by atoms with Crippen LogP contribution in [0.3, 0.4) is 0 Å². The lowest BCUT2D eigenvalue weighted by atomic mass is 10.1. The zero-order valence-corrected chi connectivity index (χ0v) is 12.6. The molecule has 19 heavy (non-hydrogen) atoms. The molecular weight excluding hydrogens is 359 g/mol. The fraction of sp³-hybridized carbons (Fsp3) is 0.462. The van der Waals surface area contributed by atoms with E-state index in [1.807, 2.05) is 24.3 Å². The van der Waals surface area contributed by atoms with Crippen LogP contribution in [0.5, 0.6) is 5.75 Å². The van der Waals surface area contributed by atoms with Crippen LogP contribution in [-0.2, 0) is 4.79 Å². The summed E-state index contributed by atoms with van der Waals surface area (Å²) in [5, 5.41) is 15.4. The summed E-state index contributed by atoms with van der Waals surface area (Å²) in [5.41, 5.74) is 0. The van der Waals surface area contributed by atoms with E-state index in [9.17, 15) is 9.90 Å². The molecule has 2 rings (SSSR count). The highest BCUT2D eigenvalue weighted by Crippen LogP contribution is 2.13. The molecule has 0 bridgehead atoms. The van der Waals surface area contributed by atoms with Gasteiger partial charge in [-0.05, 0) is 46.9 Å². The van der Waals surface area contributed by atoms with Gasteiger partial charge in [0.1, 0.15) is 5.75 Å². The Morgan fingerprint density at radius 2 is 2.16 bits per heavy atom. The highest BCUT2D eigenvalue weighted by atomic mass is 127. The van der Waals surface area contributed by atoms with Crippen molar-refractivity contribution in [2.75, 3.05) is 26.2 Å². The van der Waals surface area contributed by atoms with Crippen LogP contribution in [0, 0.1) is 9.49 Å². The molecule has 104 valence electrons. The molecule has 1 aliphatic rings. The van der Waals surface area contributed by atoms with Crippen molar-refractivity contribution in [2.45, 2.75) is 6.10 Å². The summed E-state index contributed by atoms with van der Waals surface area (Å²) in [6.07, 6.45) is -0.377. The van der Waals surface area contributed by atoms with Gasteiger partial charge in [-0.25, -0.2) is 0 Å². The Morgan fingerprint density at radius 1 is 1.42 bits per heavy atom. The van der Waals surface area contributed by atoms with E-state index in [0.29, 0.717) is 18.8 Å². The third kappa shape index (κ3) is 4.63. The van der Waals surface area contributed by atoms with Crippen molar-refractivity contribution in [2.24, 2.45) is 5.92 Å². The van der Waals surface area contributed by atoms with Gasteiger partial charge in [0.15, 0.2) is 6.61 Å². The van der Waals surface area contributed by atoms with E-state index < -0.39 is 0 Å². The van der Waals surface area contributed by atoms with Crippen LogP contribution >= 0.6 is 22.6 Å². The maximum absolute atomic E-state index is 11.6. The zero-order valence-electron chi connectivity index (χ0n) is 10.4. The molecule has 0 aliphatic carbocycles. The molecule has 1 heterocycles. The van der Waals surface area contributed by atoms with E-state index in [0.717, 1.165) is 10.1 Å². The van der Waals surface area contributed by atoms with E-state index >= 15 is 0 Å². The van der Waals surface area contributed by atoms with E-state index in [4.69, 9.17) is 4.74 Å². The summed E-state index contributed by atoms with van der Waals surface area (Å²) in [4.78, 5) is 11.6. The zero-order chi connectivity index (χ0) is 13.7. The van der Waals surface area contributed by atoms with Crippen molar-refractivity contribution in [3.05, 3.63) is 27.8 Å². The molecule has 1 aromatic rings. The number of β-amino-alcohol motifs (C(OH)–C–C–N with tert-alkyl or cyclic N) is 1. The predicted molar refractivity (Wildman–Crippen MR) is 80.0 cm³/mol. The lowest BCUT2D eigenvalue weighted by Gasteiger charge is -2.14. The van der Waals surface area contributed by atoms with Crippen LogP contribution in [0.2, 0.25) is 0 Å². The predicted octanol–water partition coefficient (Wildman–Crippen LogP) is 0.366. The highest BCUT2D eigenvalue weighted by molar-refractivity contribution is 14.1. The second-order valence-electron chi connectivity index (χ2n) is 4.53. The first kappa shape index (κ1) is 14.5. The van der Waals surface area contributed by atoms with E-state index in [1.54, 1.807) is 0 Å². The van der Waals surface area contributed by atoms with Crippen LogP contribution in [0.25, 0.3) is 0 Å². The number of carbonyl (C=O) groups excluding carboxylic acids is 1. The number of hydrogen-bond donors (Lipinski definition) is 3. The second kappa shape index (κ2) is 7.06. The molecule has 1 saturated heterocycles. The SMILES string of the molecule is O=C(COc1ccc(I)cc1)NCC1CNCC1O. The molecule has 1 amide bonds. The number of hydrogen-bond acceptors (Lipinski definition) is 4. The summed E-state index contributed by atoms with van der Waals surface area (Å²) in [6, 6.07) is 7.52. The third-order valence-corrected chi connectivity index (χ3v) is 3.77. The van der Waals surface area contributed by atoms with Gasteiger partial charge in [0.05, 0.1) is 6.10 Å². The molecule has 0 saturated carbocycles. The minimum absolute atomic E-state index is 0.00314. The van der Waals surface area contributed by atoms with E-state index in [1.165, 1.54) is 0 Å². The maximum Gasteiger partial charge on any atom is 0.257 e. The molecular formula is C13H17IN2O3. The van der Waals surface area contributed by atoms with E-state index in [-0.39, 0.29) is 24.5 Å². The van der Waals surface area contributed by atoms with Gasteiger partial charge in [-0.3, -0.25) is 4.79 Å². The summed E-state index contributed by atoms with van der Waals surface area (Å²) in [6.45, 7) is 1.80. The Bertz CT molecular complexity index is 424. The van der Waals surface area contributed by atoms with Gasteiger partial charge in [-0.1, -0.05) is 0 Å². The standard InChI is InChI=1S/C13H17IN2O3/c14-10-1-3-11(4-2-10)19-8-13(18)16-6-9-5-15-7-12(9)17/h1-4,9,12,15,17H,5-8H2,(H,16,18). The highest BCUT2D eigenvalue weighted by Gasteiger charge is 2.24. The van der Waals surface area contributed by atoms with Crippen molar-refractivity contribution in [1.29, 1.82) is 0 Å². The molecule has 0 radical (unpaired) electrons. The summed E-state index contributed by atoms with van der Waals surface area (Å²) < 4.78 is 6.49. The number of benzene rings is 1. The summed E-state index contributed by atoms with van der Waals surface area (Å²) >= 11 is 2.21. The number of aliphatic hydroxyl groups is 1. The Kier molecular flexibility index (Phi) is 5.41. The van der Waals surface area contributed by atoms with Gasteiger partial charge >= 0.3 is 0 Å². The van der Waals surface area contributed by atoms with Gasteiger partial charge in [0, 0.05) is 29.1 Å². The van der Waals surface area contributed by atoms with Crippen molar-refractivity contribution in [1.82, 2.24) is 10.6 Å². The van der Waals surface area contributed by atoms with Crippen LogP contribution in [0.15, 0.2) is 24.3 Å². The summed E-state index contributed by atoms with van der Waals surface area (Å²) in [7, 11) is 0. The van der Waals surface area contributed by atoms with Crippen molar-refractivity contribution >= 4 is 28.5 Å². The van der Waals surface area contributed by atoms with Gasteiger partial charge in [-0.15, -0.1) is 0 Å². The summed E-state index contributed by atoms with van der Waals surface area (Å²) in [5.74, 6) is 0.595. The van der Waals surface area contributed by atoms with Crippen LogP contribution < -0.4 is 15.4 Å². The van der Waals surface area contributed by atoms with Crippen molar-refractivity contribution < 1.29 is 14.6 Å². The Morgan fingerprint density at radius 3 is 2.79 bits per heavy atom. The number of aliphatic hydroxyl groups excluding tert-OH is 1. The molecule has 0 spiro atoms. The largest absolute Gasteiger partial charge is 0.484 e. The normalized spacial score (nSPS) is 22.2. The fourth-order valence-corrected chi connectivity index (χ4v) is 2.26. The van der Waals surface area contributed by atoms with Gasteiger partial charge in [0.25, 0.3) is 5.91 Å². The Labute approximate surface area is 125 Å². The van der Waals surface area contributed by atoms with Crippen LogP contribution in [0.1, 0.15) is 0 Å². The maximum atomic E-state index is 11.6. The smallest absolute Gasteiger partial charge is 0.257 e. The average Bonchev–Trinajstić information content (AvgIpc) is 2.81.